The SMILES string of the molecule is CN1CCC(NC(=O)c2sc3ncnc4c3c2NC(=O)N4c2ccc(Oc3ccc(F)cc3)cc2)CC1. The molecule has 188 valence electrons. The van der Waals surface area contributed by atoms with E-state index >= 15 is 0 Å². The van der Waals surface area contributed by atoms with Crippen molar-refractivity contribution in [1.29, 1.82) is 0 Å². The van der Waals surface area contributed by atoms with Crippen LogP contribution in [-0.2, 0) is 0 Å². The number of amides is 3. The second-order valence-electron chi connectivity index (χ2n) is 9.05. The molecule has 4 aromatic rings. The van der Waals surface area contributed by atoms with Crippen molar-refractivity contribution in [2.75, 3.05) is 30.4 Å². The Morgan fingerprint density at radius 2 is 1.76 bits per heavy atom. The smallest absolute Gasteiger partial charge is 0.332 e. The summed E-state index contributed by atoms with van der Waals surface area (Å²) in [7, 11) is 2.07. The molecule has 0 aliphatic carbocycles. The van der Waals surface area contributed by atoms with Gasteiger partial charge < -0.3 is 20.3 Å². The van der Waals surface area contributed by atoms with E-state index in [2.05, 4.69) is 32.5 Å². The number of likely N-dealkylation sites (tertiary alicyclic amines) is 1. The number of nitrogens with zero attached hydrogens (tertiary/aromatic N) is 4. The van der Waals surface area contributed by atoms with Crippen LogP contribution in [0.5, 0.6) is 11.5 Å². The van der Waals surface area contributed by atoms with Crippen LogP contribution in [0.15, 0.2) is 54.9 Å². The third kappa shape index (κ3) is 4.47. The van der Waals surface area contributed by atoms with Gasteiger partial charge in [0.1, 0.15) is 33.4 Å². The van der Waals surface area contributed by atoms with Gasteiger partial charge in [0.2, 0.25) is 0 Å². The van der Waals surface area contributed by atoms with E-state index < -0.39 is 6.03 Å². The molecule has 37 heavy (non-hydrogen) atoms. The molecule has 1 saturated heterocycles. The average molecular weight is 519 g/mol. The van der Waals surface area contributed by atoms with Crippen molar-refractivity contribution in [3.8, 4) is 11.5 Å². The van der Waals surface area contributed by atoms with E-state index in [1.54, 1.807) is 24.3 Å². The van der Waals surface area contributed by atoms with Crippen molar-refractivity contribution >= 4 is 50.7 Å². The molecule has 9 nitrogen and oxygen atoms in total. The highest BCUT2D eigenvalue weighted by Gasteiger charge is 2.34. The summed E-state index contributed by atoms with van der Waals surface area (Å²) in [6.07, 6.45) is 3.16. The summed E-state index contributed by atoms with van der Waals surface area (Å²) in [5.41, 5.74) is 1.01. The summed E-state index contributed by atoms with van der Waals surface area (Å²) in [5, 5.41) is 6.64. The van der Waals surface area contributed by atoms with Gasteiger partial charge in [0.15, 0.2) is 5.82 Å². The number of carbonyl (C=O) groups is 2. The Morgan fingerprint density at radius 3 is 2.46 bits per heavy atom. The molecule has 3 amide bonds. The van der Waals surface area contributed by atoms with Gasteiger partial charge in [0, 0.05) is 6.04 Å². The number of halogens is 1. The van der Waals surface area contributed by atoms with E-state index in [4.69, 9.17) is 4.74 Å². The van der Waals surface area contributed by atoms with Crippen LogP contribution >= 0.6 is 11.3 Å². The van der Waals surface area contributed by atoms with Crippen LogP contribution in [-0.4, -0.2) is 53.0 Å². The predicted octanol–water partition coefficient (Wildman–Crippen LogP) is 5.13. The summed E-state index contributed by atoms with van der Waals surface area (Å²) < 4.78 is 18.9. The molecule has 2 N–H and O–H groups in total. The van der Waals surface area contributed by atoms with Crippen LogP contribution in [0.3, 0.4) is 0 Å². The molecule has 0 unspecified atom stereocenters. The lowest BCUT2D eigenvalue weighted by Gasteiger charge is -2.29. The third-order valence-electron chi connectivity index (χ3n) is 6.52. The van der Waals surface area contributed by atoms with Crippen LogP contribution in [0.1, 0.15) is 22.5 Å². The Bertz CT molecular complexity index is 1480. The number of anilines is 3. The first-order valence-electron chi connectivity index (χ1n) is 11.9. The minimum atomic E-state index is -0.425. The third-order valence-corrected chi connectivity index (χ3v) is 7.62. The van der Waals surface area contributed by atoms with Crippen LogP contribution < -0.4 is 20.3 Å². The molecule has 0 bridgehead atoms. The topological polar surface area (TPSA) is 99.7 Å². The highest BCUT2D eigenvalue weighted by molar-refractivity contribution is 7.21. The summed E-state index contributed by atoms with van der Waals surface area (Å²) >= 11 is 1.24. The zero-order valence-corrected chi connectivity index (χ0v) is 20.7. The molecule has 2 aromatic carbocycles. The van der Waals surface area contributed by atoms with Crippen molar-refractivity contribution in [1.82, 2.24) is 20.2 Å². The summed E-state index contributed by atoms with van der Waals surface area (Å²) in [6, 6.07) is 12.3. The van der Waals surface area contributed by atoms with Gasteiger partial charge in [-0.25, -0.2) is 24.1 Å². The zero-order valence-electron chi connectivity index (χ0n) is 19.9. The van der Waals surface area contributed by atoms with Gasteiger partial charge in [-0.1, -0.05) is 0 Å². The van der Waals surface area contributed by atoms with Gasteiger partial charge in [-0.3, -0.25) is 4.79 Å². The standard InChI is InChI=1S/C26H23FN6O3S/c1-32-12-10-16(11-13-32)30-24(34)22-21-20-23(28-14-29-25(20)37-22)33(26(35)31-21)17-4-8-19(9-5-17)36-18-6-2-15(27)3-7-18/h2-9,14,16H,10-13H2,1H3,(H,30,34)(H,31,35). The Kier molecular flexibility index (Phi) is 5.93. The minimum absolute atomic E-state index is 0.0955. The van der Waals surface area contributed by atoms with Crippen LogP contribution in [0.4, 0.5) is 26.4 Å². The maximum atomic E-state index is 13.3. The number of aromatic nitrogens is 2. The number of ether oxygens (including phenoxy) is 1. The minimum Gasteiger partial charge on any atom is -0.457 e. The van der Waals surface area contributed by atoms with Crippen molar-refractivity contribution in [3.05, 3.63) is 65.6 Å². The average Bonchev–Trinajstić information content (AvgIpc) is 3.27. The fourth-order valence-electron chi connectivity index (χ4n) is 4.57. The molecule has 2 aliphatic heterocycles. The number of benzene rings is 2. The number of thiophene rings is 1. The molecule has 11 heteroatoms. The van der Waals surface area contributed by atoms with Gasteiger partial charge >= 0.3 is 6.03 Å². The van der Waals surface area contributed by atoms with E-state index in [-0.39, 0.29) is 17.8 Å². The maximum absolute atomic E-state index is 13.3. The molecule has 6 rings (SSSR count). The molecule has 4 heterocycles. The number of carbonyl (C=O) groups excluding carboxylic acids is 2. The van der Waals surface area contributed by atoms with Crippen LogP contribution in [0, 0.1) is 5.82 Å². The van der Waals surface area contributed by atoms with E-state index in [1.165, 1.54) is 46.8 Å². The van der Waals surface area contributed by atoms with Crippen LogP contribution in [0.2, 0.25) is 0 Å². The Labute approximate surface area is 215 Å². The summed E-state index contributed by atoms with van der Waals surface area (Å²) in [6.45, 7) is 1.86. The highest BCUT2D eigenvalue weighted by Crippen LogP contribution is 2.44. The first kappa shape index (κ1) is 23.3. The van der Waals surface area contributed by atoms with Gasteiger partial charge in [0.25, 0.3) is 5.91 Å². The van der Waals surface area contributed by atoms with Crippen molar-refractivity contribution in [2.45, 2.75) is 18.9 Å². The van der Waals surface area contributed by atoms with E-state index in [0.717, 1.165) is 25.9 Å². The predicted molar refractivity (Wildman–Crippen MR) is 139 cm³/mol. The van der Waals surface area contributed by atoms with Gasteiger partial charge in [0.05, 0.1) is 16.8 Å². The Hall–Kier alpha value is -4.09. The number of piperidine rings is 1. The molecular formula is C26H23FN6O3S. The molecule has 1 fully saturated rings. The molecule has 0 radical (unpaired) electrons. The molecule has 0 atom stereocenters. The zero-order chi connectivity index (χ0) is 25.5. The quantitative estimate of drug-likeness (QED) is 0.380. The fraction of sp³-hybridized carbons (Fsp3) is 0.231. The number of rotatable bonds is 5. The lowest BCUT2D eigenvalue weighted by Crippen LogP contribution is -2.43. The van der Waals surface area contributed by atoms with E-state index in [0.29, 0.717) is 43.8 Å². The lowest BCUT2D eigenvalue weighted by molar-refractivity contribution is 0.0922. The monoisotopic (exact) mass is 518 g/mol. The van der Waals surface area contributed by atoms with Crippen molar-refractivity contribution in [2.24, 2.45) is 0 Å². The van der Waals surface area contributed by atoms with Crippen molar-refractivity contribution < 1.29 is 18.7 Å². The Balaban J connectivity index is 1.28. The van der Waals surface area contributed by atoms with Gasteiger partial charge in [-0.15, -0.1) is 11.3 Å². The molecule has 0 spiro atoms. The first-order valence-corrected chi connectivity index (χ1v) is 12.7. The Morgan fingerprint density at radius 1 is 1.08 bits per heavy atom. The van der Waals surface area contributed by atoms with Gasteiger partial charge in [-0.05, 0) is 81.5 Å². The van der Waals surface area contributed by atoms with Gasteiger partial charge in [-0.2, -0.15) is 0 Å². The highest BCUT2D eigenvalue weighted by atomic mass is 32.1. The number of nitrogens with one attached hydrogen (secondary N) is 2. The van der Waals surface area contributed by atoms with Crippen LogP contribution in [0.25, 0.3) is 10.2 Å². The van der Waals surface area contributed by atoms with E-state index in [1.807, 2.05) is 0 Å². The second-order valence-corrected chi connectivity index (χ2v) is 10.0. The molecule has 2 aromatic heterocycles. The number of urea groups is 1. The first-order chi connectivity index (χ1) is 18.0. The summed E-state index contributed by atoms with van der Waals surface area (Å²) in [5.74, 6) is 0.881. The van der Waals surface area contributed by atoms with E-state index in [9.17, 15) is 14.0 Å². The lowest BCUT2D eigenvalue weighted by atomic mass is 10.1. The fourth-order valence-corrected chi connectivity index (χ4v) is 5.57. The molecular weight excluding hydrogens is 495 g/mol. The normalized spacial score (nSPS) is 16.1. The largest absolute Gasteiger partial charge is 0.457 e. The van der Waals surface area contributed by atoms with Crippen molar-refractivity contribution in [3.63, 3.8) is 0 Å². The number of hydrogen-bond acceptors (Lipinski definition) is 7. The number of hydrogen-bond donors (Lipinski definition) is 2. The molecule has 2 aliphatic rings. The molecule has 0 saturated carbocycles. The maximum Gasteiger partial charge on any atom is 0.332 e. The second kappa shape index (κ2) is 9.41. The summed E-state index contributed by atoms with van der Waals surface area (Å²) in [4.78, 5) is 39.9.